The summed E-state index contributed by atoms with van der Waals surface area (Å²) in [6.45, 7) is 0.0740. The fraction of sp³-hybridized carbons (Fsp3) is 0.286. The number of halogens is 2. The molecule has 2 atom stereocenters. The monoisotopic (exact) mass is 293 g/mol. The second-order valence-corrected chi connectivity index (χ2v) is 5.02. The number of aromatic amines is 1. The Morgan fingerprint density at radius 1 is 1.43 bits per heavy atom. The van der Waals surface area contributed by atoms with Crippen molar-refractivity contribution in [1.29, 1.82) is 0 Å². The summed E-state index contributed by atoms with van der Waals surface area (Å²) < 4.78 is 27.3. The van der Waals surface area contributed by atoms with Gasteiger partial charge >= 0.3 is 0 Å². The summed E-state index contributed by atoms with van der Waals surface area (Å²) >= 11 is 0. The van der Waals surface area contributed by atoms with Crippen LogP contribution in [0.2, 0.25) is 0 Å². The predicted octanol–water partition coefficient (Wildman–Crippen LogP) is 1.64. The lowest BCUT2D eigenvalue weighted by Crippen LogP contribution is -2.32. The van der Waals surface area contributed by atoms with Gasteiger partial charge in [0.15, 0.2) is 0 Å². The van der Waals surface area contributed by atoms with E-state index in [-0.39, 0.29) is 24.4 Å². The molecular weight excluding hydrogens is 280 g/mol. The van der Waals surface area contributed by atoms with Gasteiger partial charge in [-0.15, -0.1) is 0 Å². The molecule has 0 unspecified atom stereocenters. The highest BCUT2D eigenvalue weighted by Crippen LogP contribution is 2.34. The minimum absolute atomic E-state index is 0.0726. The average molecular weight is 293 g/mol. The summed E-state index contributed by atoms with van der Waals surface area (Å²) in [7, 11) is 0. The first-order chi connectivity index (χ1) is 10.1. The molecule has 2 heterocycles. The van der Waals surface area contributed by atoms with Crippen LogP contribution in [0.3, 0.4) is 0 Å². The van der Waals surface area contributed by atoms with Crippen molar-refractivity contribution in [3.05, 3.63) is 53.4 Å². The molecule has 1 aromatic heterocycles. The molecule has 5 nitrogen and oxygen atoms in total. The number of rotatable bonds is 2. The Labute approximate surface area is 119 Å². The molecule has 1 aromatic carbocycles. The summed E-state index contributed by atoms with van der Waals surface area (Å²) in [6.07, 6.45) is 2.18. The van der Waals surface area contributed by atoms with Crippen LogP contribution in [0.15, 0.2) is 30.6 Å². The van der Waals surface area contributed by atoms with E-state index < -0.39 is 23.8 Å². The molecule has 0 radical (unpaired) electrons. The van der Waals surface area contributed by atoms with E-state index in [1.165, 1.54) is 17.3 Å². The van der Waals surface area contributed by atoms with Crippen molar-refractivity contribution in [2.75, 3.05) is 6.54 Å². The van der Waals surface area contributed by atoms with E-state index in [1.54, 1.807) is 0 Å². The molecule has 1 amide bonds. The highest BCUT2D eigenvalue weighted by atomic mass is 19.1. The summed E-state index contributed by atoms with van der Waals surface area (Å²) in [6, 6.07) is 2.41. The van der Waals surface area contributed by atoms with Gasteiger partial charge in [-0.3, -0.25) is 9.89 Å². The average Bonchev–Trinajstić information content (AvgIpc) is 3.10. The van der Waals surface area contributed by atoms with Gasteiger partial charge in [-0.25, -0.2) is 8.78 Å². The third kappa shape index (κ3) is 2.52. The Morgan fingerprint density at radius 3 is 2.95 bits per heavy atom. The molecule has 1 aliphatic heterocycles. The molecule has 1 aliphatic rings. The van der Waals surface area contributed by atoms with Gasteiger partial charge in [0, 0.05) is 18.3 Å². The highest BCUT2D eigenvalue weighted by molar-refractivity contribution is 5.94. The molecule has 0 bridgehead atoms. The Kier molecular flexibility index (Phi) is 3.42. The van der Waals surface area contributed by atoms with Gasteiger partial charge in [0.05, 0.1) is 23.9 Å². The predicted molar refractivity (Wildman–Crippen MR) is 69.3 cm³/mol. The topological polar surface area (TPSA) is 69.2 Å². The smallest absolute Gasteiger partial charge is 0.257 e. The summed E-state index contributed by atoms with van der Waals surface area (Å²) in [4.78, 5) is 13.7. The first-order valence-electron chi connectivity index (χ1n) is 6.49. The molecule has 2 aromatic rings. The van der Waals surface area contributed by atoms with Crippen molar-refractivity contribution >= 4 is 5.91 Å². The molecule has 7 heteroatoms. The van der Waals surface area contributed by atoms with E-state index in [1.807, 2.05) is 0 Å². The first kappa shape index (κ1) is 13.7. The summed E-state index contributed by atoms with van der Waals surface area (Å²) in [5, 5.41) is 16.0. The number of aliphatic hydroxyl groups is 1. The second kappa shape index (κ2) is 5.25. The van der Waals surface area contributed by atoms with Crippen molar-refractivity contribution in [1.82, 2.24) is 15.1 Å². The molecule has 0 spiro atoms. The van der Waals surface area contributed by atoms with Gasteiger partial charge in [-0.2, -0.15) is 5.10 Å². The number of amides is 1. The Hall–Kier alpha value is -2.28. The highest BCUT2D eigenvalue weighted by Gasteiger charge is 2.37. The standard InChI is InChI=1S/C14H13F2N3O2/c15-9-1-2-12(16)11(3-9)13-4-10(20)7-19(13)14(21)8-5-17-18-6-8/h1-3,5-6,10,13,20H,4,7H2,(H,17,18)/t10-,13-/m1/s1. The minimum atomic E-state index is -0.770. The fourth-order valence-electron chi connectivity index (χ4n) is 2.64. The lowest BCUT2D eigenvalue weighted by molar-refractivity contribution is 0.0714. The van der Waals surface area contributed by atoms with E-state index in [0.717, 1.165) is 18.2 Å². The number of aliphatic hydroxyl groups excluding tert-OH is 1. The first-order valence-corrected chi connectivity index (χ1v) is 6.49. The van der Waals surface area contributed by atoms with E-state index in [0.29, 0.717) is 5.56 Å². The van der Waals surface area contributed by atoms with Gasteiger partial charge < -0.3 is 10.0 Å². The van der Waals surface area contributed by atoms with Crippen LogP contribution < -0.4 is 0 Å². The van der Waals surface area contributed by atoms with Gasteiger partial charge in [-0.05, 0) is 24.6 Å². The van der Waals surface area contributed by atoms with E-state index in [4.69, 9.17) is 0 Å². The van der Waals surface area contributed by atoms with Crippen LogP contribution in [0, 0.1) is 11.6 Å². The van der Waals surface area contributed by atoms with Crippen LogP contribution in [-0.2, 0) is 0 Å². The van der Waals surface area contributed by atoms with Crippen molar-refractivity contribution in [2.45, 2.75) is 18.6 Å². The number of aromatic nitrogens is 2. The van der Waals surface area contributed by atoms with Gasteiger partial charge in [0.2, 0.25) is 0 Å². The van der Waals surface area contributed by atoms with Crippen LogP contribution in [0.1, 0.15) is 28.4 Å². The third-order valence-corrected chi connectivity index (χ3v) is 3.60. The number of β-amino-alcohol motifs (C(OH)–C–C–N with tert-alkyl or cyclic N) is 1. The fourth-order valence-corrected chi connectivity index (χ4v) is 2.64. The summed E-state index contributed by atoms with van der Waals surface area (Å²) in [5.41, 5.74) is 0.384. The molecule has 0 saturated carbocycles. The SMILES string of the molecule is O=C(c1cn[nH]c1)N1C[C@H](O)C[C@@H]1c1cc(F)ccc1F. The van der Waals surface area contributed by atoms with Crippen LogP contribution in [0.25, 0.3) is 0 Å². The van der Waals surface area contributed by atoms with Gasteiger partial charge in [0.25, 0.3) is 5.91 Å². The lowest BCUT2D eigenvalue weighted by Gasteiger charge is -2.24. The second-order valence-electron chi connectivity index (χ2n) is 5.02. The van der Waals surface area contributed by atoms with Crippen LogP contribution in [0.5, 0.6) is 0 Å². The maximum atomic E-state index is 13.9. The number of nitrogens with one attached hydrogen (secondary N) is 1. The Balaban J connectivity index is 1.96. The quantitative estimate of drug-likeness (QED) is 0.884. The zero-order valence-electron chi connectivity index (χ0n) is 11.0. The minimum Gasteiger partial charge on any atom is -0.391 e. The van der Waals surface area contributed by atoms with Crippen LogP contribution in [-0.4, -0.2) is 38.8 Å². The van der Waals surface area contributed by atoms with E-state index in [2.05, 4.69) is 10.2 Å². The number of carbonyl (C=O) groups is 1. The number of hydrogen-bond donors (Lipinski definition) is 2. The van der Waals surface area contributed by atoms with Crippen molar-refractivity contribution in [2.24, 2.45) is 0 Å². The molecule has 0 aliphatic carbocycles. The normalized spacial score (nSPS) is 21.8. The largest absolute Gasteiger partial charge is 0.391 e. The molecule has 2 N–H and O–H groups in total. The molecule has 3 rings (SSSR count). The number of nitrogens with zero attached hydrogens (tertiary/aromatic N) is 2. The lowest BCUT2D eigenvalue weighted by atomic mass is 10.0. The summed E-state index contributed by atoms with van der Waals surface area (Å²) in [5.74, 6) is -1.56. The number of likely N-dealkylation sites (tertiary alicyclic amines) is 1. The van der Waals surface area contributed by atoms with Crippen LogP contribution >= 0.6 is 0 Å². The Bertz CT molecular complexity index is 660. The molecule has 21 heavy (non-hydrogen) atoms. The maximum Gasteiger partial charge on any atom is 0.257 e. The maximum absolute atomic E-state index is 13.9. The number of carbonyl (C=O) groups excluding carboxylic acids is 1. The van der Waals surface area contributed by atoms with Crippen molar-refractivity contribution in [3.63, 3.8) is 0 Å². The van der Waals surface area contributed by atoms with Crippen molar-refractivity contribution in [3.8, 4) is 0 Å². The van der Waals surface area contributed by atoms with Gasteiger partial charge in [-0.1, -0.05) is 0 Å². The molecular formula is C14H13F2N3O2. The number of H-pyrrole nitrogens is 1. The molecule has 1 saturated heterocycles. The zero-order chi connectivity index (χ0) is 15.0. The Morgan fingerprint density at radius 2 is 2.24 bits per heavy atom. The number of benzene rings is 1. The third-order valence-electron chi connectivity index (χ3n) is 3.60. The van der Waals surface area contributed by atoms with E-state index in [9.17, 15) is 18.7 Å². The number of hydrogen-bond acceptors (Lipinski definition) is 3. The zero-order valence-corrected chi connectivity index (χ0v) is 11.0. The van der Waals surface area contributed by atoms with Crippen molar-refractivity contribution < 1.29 is 18.7 Å². The van der Waals surface area contributed by atoms with Crippen LogP contribution in [0.4, 0.5) is 8.78 Å². The van der Waals surface area contributed by atoms with Gasteiger partial charge in [0.1, 0.15) is 11.6 Å². The van der Waals surface area contributed by atoms with E-state index >= 15 is 0 Å². The molecule has 110 valence electrons. The molecule has 1 fully saturated rings.